The van der Waals surface area contributed by atoms with Crippen LogP contribution in [0, 0.1) is 10.1 Å². The second-order valence-electron chi connectivity index (χ2n) is 4.56. The fourth-order valence-electron chi connectivity index (χ4n) is 2.06. The third-order valence-electron chi connectivity index (χ3n) is 3.10. The first kappa shape index (κ1) is 13.6. The lowest BCUT2D eigenvalue weighted by atomic mass is 10.3. The highest BCUT2D eigenvalue weighted by atomic mass is 16.6. The summed E-state index contributed by atoms with van der Waals surface area (Å²) in [5.74, 6) is -0.163. The van der Waals surface area contributed by atoms with E-state index in [2.05, 4.69) is 11.7 Å². The number of nitrogens with zero attached hydrogens (tertiary/aromatic N) is 2. The van der Waals surface area contributed by atoms with E-state index in [1.165, 1.54) is 22.9 Å². The molecule has 22 heavy (non-hydrogen) atoms. The van der Waals surface area contributed by atoms with Crippen LogP contribution < -0.4 is 16.1 Å². The molecule has 110 valence electrons. The fraction of sp³-hybridized carbons (Fsp3) is 0. The van der Waals surface area contributed by atoms with Gasteiger partial charge in [-0.15, -0.1) is 0 Å². The zero-order valence-corrected chi connectivity index (χ0v) is 11.4. The summed E-state index contributed by atoms with van der Waals surface area (Å²) in [6, 6.07) is 11.7. The summed E-state index contributed by atoms with van der Waals surface area (Å²) in [5.41, 5.74) is 0.359. The lowest BCUT2D eigenvalue weighted by molar-refractivity contribution is -0.402. The number of para-hydroxylation sites is 1. The molecule has 2 aromatic heterocycles. The standard InChI is InChI=1S/C15H11N3O4/c1-10-13(9-12-7-8-14(22-12)18(20)21)15(19)17(16-10)11-5-3-2-4-6-11/h2-9,16H,1H2. The monoisotopic (exact) mass is 297 g/mol. The van der Waals surface area contributed by atoms with Crippen LogP contribution in [-0.2, 0) is 0 Å². The molecule has 3 aromatic rings. The number of aromatic nitrogens is 2. The average molecular weight is 297 g/mol. The van der Waals surface area contributed by atoms with Crippen LogP contribution in [0.2, 0.25) is 0 Å². The highest BCUT2D eigenvalue weighted by Crippen LogP contribution is 2.15. The predicted molar refractivity (Wildman–Crippen MR) is 80.1 cm³/mol. The highest BCUT2D eigenvalue weighted by Gasteiger charge is 2.11. The summed E-state index contributed by atoms with van der Waals surface area (Å²) in [6.45, 7) is 3.78. The van der Waals surface area contributed by atoms with Gasteiger partial charge < -0.3 is 4.42 Å². The SMILES string of the molecule is C=c1[nH]n(-c2ccccc2)c(=O)c1=Cc1ccc([N+](=O)[O-])o1. The molecule has 0 radical (unpaired) electrons. The second-order valence-corrected chi connectivity index (χ2v) is 4.56. The first-order valence-corrected chi connectivity index (χ1v) is 6.37. The van der Waals surface area contributed by atoms with Gasteiger partial charge in [0.15, 0.2) is 0 Å². The number of nitrogens with one attached hydrogen (secondary N) is 1. The molecule has 0 saturated carbocycles. The smallest absolute Gasteiger partial charge is 0.401 e. The summed E-state index contributed by atoms with van der Waals surface area (Å²) >= 11 is 0. The number of benzene rings is 1. The minimum absolute atomic E-state index is 0.216. The Hall–Kier alpha value is -3.35. The number of nitro groups is 1. The second kappa shape index (κ2) is 5.21. The van der Waals surface area contributed by atoms with Gasteiger partial charge in [-0.25, -0.2) is 4.68 Å². The van der Waals surface area contributed by atoms with Crippen LogP contribution in [0.25, 0.3) is 18.3 Å². The Morgan fingerprint density at radius 3 is 2.59 bits per heavy atom. The zero-order valence-electron chi connectivity index (χ0n) is 11.4. The van der Waals surface area contributed by atoms with Crippen LogP contribution in [0.4, 0.5) is 5.88 Å². The predicted octanol–water partition coefficient (Wildman–Crippen LogP) is 0.906. The molecule has 2 heterocycles. The van der Waals surface area contributed by atoms with Gasteiger partial charge in [-0.2, -0.15) is 0 Å². The molecule has 0 aliphatic heterocycles. The number of rotatable bonds is 3. The van der Waals surface area contributed by atoms with Gasteiger partial charge in [0, 0.05) is 0 Å². The average Bonchev–Trinajstić information content (AvgIpc) is 3.09. The molecule has 0 fully saturated rings. The van der Waals surface area contributed by atoms with E-state index in [0.717, 1.165) is 0 Å². The van der Waals surface area contributed by atoms with Gasteiger partial charge in [-0.1, -0.05) is 24.8 Å². The van der Waals surface area contributed by atoms with Gasteiger partial charge in [-0.3, -0.25) is 20.0 Å². The molecular weight excluding hydrogens is 286 g/mol. The lowest BCUT2D eigenvalue weighted by Gasteiger charge is -1.98. The first-order chi connectivity index (χ1) is 10.6. The summed E-state index contributed by atoms with van der Waals surface area (Å²) in [5, 5.41) is 14.2. The molecule has 0 spiro atoms. The van der Waals surface area contributed by atoms with Crippen molar-refractivity contribution in [2.45, 2.75) is 0 Å². The maximum absolute atomic E-state index is 12.4. The van der Waals surface area contributed by atoms with Gasteiger partial charge in [-0.05, 0) is 24.3 Å². The van der Waals surface area contributed by atoms with Crippen LogP contribution in [0.15, 0.2) is 51.7 Å². The van der Waals surface area contributed by atoms with E-state index in [1.807, 2.05) is 18.2 Å². The Bertz CT molecular complexity index is 996. The van der Waals surface area contributed by atoms with Gasteiger partial charge in [0.25, 0.3) is 5.56 Å². The summed E-state index contributed by atoms with van der Waals surface area (Å²) in [4.78, 5) is 22.4. The first-order valence-electron chi connectivity index (χ1n) is 6.37. The zero-order chi connectivity index (χ0) is 15.7. The van der Waals surface area contributed by atoms with Crippen molar-refractivity contribution < 1.29 is 9.34 Å². The van der Waals surface area contributed by atoms with Crippen LogP contribution in [0.3, 0.4) is 0 Å². The highest BCUT2D eigenvalue weighted by molar-refractivity contribution is 5.45. The molecule has 7 nitrogen and oxygen atoms in total. The number of hydrogen-bond donors (Lipinski definition) is 1. The van der Waals surface area contributed by atoms with Crippen molar-refractivity contribution in [2.75, 3.05) is 0 Å². The molecule has 0 bridgehead atoms. The summed E-state index contributed by atoms with van der Waals surface area (Å²) in [6.07, 6.45) is 1.42. The number of hydrogen-bond acceptors (Lipinski definition) is 4. The Kier molecular flexibility index (Phi) is 3.23. The minimum atomic E-state index is -0.637. The fourth-order valence-corrected chi connectivity index (χ4v) is 2.06. The van der Waals surface area contributed by atoms with E-state index in [9.17, 15) is 14.9 Å². The summed E-state index contributed by atoms with van der Waals surface area (Å²) in [7, 11) is 0. The third kappa shape index (κ3) is 2.35. The van der Waals surface area contributed by atoms with Gasteiger partial charge in [0.05, 0.1) is 22.3 Å². The Labute approximate surface area is 123 Å². The molecule has 0 aliphatic carbocycles. The lowest BCUT2D eigenvalue weighted by Crippen LogP contribution is -2.33. The molecule has 1 aromatic carbocycles. The maximum Gasteiger partial charge on any atom is 0.433 e. The topological polar surface area (TPSA) is 94.1 Å². The number of furan rings is 1. The molecule has 0 amide bonds. The van der Waals surface area contributed by atoms with Crippen molar-refractivity contribution >= 4 is 18.5 Å². The molecule has 1 N–H and O–H groups in total. The van der Waals surface area contributed by atoms with E-state index in [4.69, 9.17) is 4.42 Å². The van der Waals surface area contributed by atoms with Crippen LogP contribution in [0.5, 0.6) is 0 Å². The van der Waals surface area contributed by atoms with Crippen molar-refractivity contribution in [3.8, 4) is 5.69 Å². The quantitative estimate of drug-likeness (QED) is 0.574. The molecule has 0 unspecified atom stereocenters. The molecule has 0 atom stereocenters. The Morgan fingerprint density at radius 2 is 1.95 bits per heavy atom. The Morgan fingerprint density at radius 1 is 1.23 bits per heavy atom. The molecule has 3 rings (SSSR count). The van der Waals surface area contributed by atoms with E-state index >= 15 is 0 Å². The van der Waals surface area contributed by atoms with Gasteiger partial charge >= 0.3 is 5.88 Å². The van der Waals surface area contributed by atoms with Crippen molar-refractivity contribution in [1.82, 2.24) is 9.78 Å². The van der Waals surface area contributed by atoms with Crippen molar-refractivity contribution in [3.63, 3.8) is 0 Å². The molecule has 0 aliphatic rings. The van der Waals surface area contributed by atoms with Crippen molar-refractivity contribution in [3.05, 3.63) is 79.3 Å². The van der Waals surface area contributed by atoms with E-state index in [0.29, 0.717) is 11.0 Å². The molecular formula is C15H11N3O4. The van der Waals surface area contributed by atoms with Crippen molar-refractivity contribution in [2.24, 2.45) is 0 Å². The van der Waals surface area contributed by atoms with Crippen LogP contribution in [0.1, 0.15) is 5.76 Å². The maximum atomic E-state index is 12.4. The van der Waals surface area contributed by atoms with Crippen LogP contribution in [-0.4, -0.2) is 14.7 Å². The van der Waals surface area contributed by atoms with E-state index < -0.39 is 4.92 Å². The molecule has 7 heteroatoms. The minimum Gasteiger partial charge on any atom is -0.401 e. The van der Waals surface area contributed by atoms with Gasteiger partial charge in [0.2, 0.25) is 0 Å². The van der Waals surface area contributed by atoms with Crippen LogP contribution >= 0.6 is 0 Å². The molecule has 0 saturated heterocycles. The normalized spacial score (nSPS) is 11.7. The van der Waals surface area contributed by atoms with Gasteiger partial charge in [0.1, 0.15) is 10.7 Å². The number of aromatic amines is 1. The Balaban J connectivity index is 2.14. The number of H-pyrrole nitrogens is 1. The third-order valence-corrected chi connectivity index (χ3v) is 3.10. The summed E-state index contributed by atoms with van der Waals surface area (Å²) < 4.78 is 6.38. The van der Waals surface area contributed by atoms with Crippen molar-refractivity contribution in [1.29, 1.82) is 0 Å². The largest absolute Gasteiger partial charge is 0.433 e. The van der Waals surface area contributed by atoms with E-state index in [1.54, 1.807) is 12.1 Å². The van der Waals surface area contributed by atoms with E-state index in [-0.39, 0.29) is 22.4 Å².